The summed E-state index contributed by atoms with van der Waals surface area (Å²) in [4.78, 5) is 16.3. The first-order chi connectivity index (χ1) is 12.1. The Hall–Kier alpha value is -1.79. The van der Waals surface area contributed by atoms with Crippen molar-refractivity contribution in [2.75, 3.05) is 26.0 Å². The first kappa shape index (κ1) is 19.5. The summed E-state index contributed by atoms with van der Waals surface area (Å²) in [5, 5.41) is 2.88. The van der Waals surface area contributed by atoms with E-state index in [0.29, 0.717) is 30.5 Å². The molecule has 1 N–H and O–H groups in total. The molecule has 1 amide bonds. The Morgan fingerprint density at radius 2 is 2.08 bits per heavy atom. The second-order valence-electron chi connectivity index (χ2n) is 5.76. The summed E-state index contributed by atoms with van der Waals surface area (Å²) in [6.07, 6.45) is 1.84. The van der Waals surface area contributed by atoms with Gasteiger partial charge in [-0.1, -0.05) is 19.1 Å². The fraction of sp³-hybridized carbons (Fsp3) is 0.474. The lowest BCUT2D eigenvalue weighted by atomic mass is 10.1. The highest BCUT2D eigenvalue weighted by molar-refractivity contribution is 7.99. The normalized spacial score (nSPS) is 10.8. The van der Waals surface area contributed by atoms with E-state index in [2.05, 4.69) is 29.4 Å². The first-order valence-electron chi connectivity index (χ1n) is 8.53. The van der Waals surface area contributed by atoms with E-state index in [9.17, 15) is 4.79 Å². The van der Waals surface area contributed by atoms with Crippen molar-refractivity contribution in [1.82, 2.24) is 10.3 Å². The van der Waals surface area contributed by atoms with Crippen molar-refractivity contribution in [3.05, 3.63) is 41.3 Å². The quantitative estimate of drug-likeness (QED) is 0.654. The minimum absolute atomic E-state index is 0.0395. The lowest BCUT2D eigenvalue weighted by molar-refractivity contribution is -0.118. The fourth-order valence-corrected chi connectivity index (χ4v) is 3.15. The molecule has 0 spiro atoms. The standard InChI is InChI=1S/C19H26N2O3S/c1-4-15-6-8-16(9-7-15)19-21-17(14(2)24-19)12-25-13-18(22)20-10-5-11-23-3/h6-9H,4-5,10-13H2,1-3H3,(H,20,22). The Kier molecular flexibility index (Phi) is 8.01. The molecule has 0 radical (unpaired) electrons. The van der Waals surface area contributed by atoms with Gasteiger partial charge in [0, 0.05) is 31.6 Å². The SMILES string of the molecule is CCc1ccc(-c2nc(CSCC(=O)NCCCOC)c(C)o2)cc1. The summed E-state index contributed by atoms with van der Waals surface area (Å²) in [6.45, 7) is 5.35. The molecule has 0 aliphatic carbocycles. The van der Waals surface area contributed by atoms with Crippen LogP contribution < -0.4 is 5.32 Å². The van der Waals surface area contributed by atoms with Crippen molar-refractivity contribution < 1.29 is 13.9 Å². The minimum Gasteiger partial charge on any atom is -0.441 e. The number of carbonyl (C=O) groups is 1. The van der Waals surface area contributed by atoms with Crippen molar-refractivity contribution in [3.8, 4) is 11.5 Å². The van der Waals surface area contributed by atoms with Crippen molar-refractivity contribution in [2.24, 2.45) is 0 Å². The van der Waals surface area contributed by atoms with Gasteiger partial charge >= 0.3 is 0 Å². The van der Waals surface area contributed by atoms with Crippen molar-refractivity contribution in [2.45, 2.75) is 32.4 Å². The molecule has 2 aromatic rings. The van der Waals surface area contributed by atoms with Gasteiger partial charge in [0.25, 0.3) is 0 Å². The molecule has 136 valence electrons. The van der Waals surface area contributed by atoms with Gasteiger partial charge < -0.3 is 14.5 Å². The Balaban J connectivity index is 1.82. The molecule has 6 heteroatoms. The molecule has 2 rings (SSSR count). The van der Waals surface area contributed by atoms with Crippen LogP contribution in [0.2, 0.25) is 0 Å². The molecule has 0 saturated carbocycles. The molecule has 0 aliphatic rings. The van der Waals surface area contributed by atoms with E-state index in [-0.39, 0.29) is 5.91 Å². The van der Waals surface area contributed by atoms with Gasteiger partial charge in [-0.3, -0.25) is 4.79 Å². The summed E-state index contributed by atoms with van der Waals surface area (Å²) in [5.74, 6) is 2.56. The Morgan fingerprint density at radius 1 is 1.32 bits per heavy atom. The lowest BCUT2D eigenvalue weighted by Crippen LogP contribution is -2.26. The van der Waals surface area contributed by atoms with Crippen LogP contribution in [0.15, 0.2) is 28.7 Å². The Morgan fingerprint density at radius 3 is 2.76 bits per heavy atom. The molecular formula is C19H26N2O3S. The van der Waals surface area contributed by atoms with Crippen molar-refractivity contribution in [1.29, 1.82) is 0 Å². The van der Waals surface area contributed by atoms with Crippen LogP contribution in [0.3, 0.4) is 0 Å². The minimum atomic E-state index is 0.0395. The van der Waals surface area contributed by atoms with E-state index in [1.54, 1.807) is 18.9 Å². The fourth-order valence-electron chi connectivity index (χ4n) is 2.30. The summed E-state index contributed by atoms with van der Waals surface area (Å²) in [6, 6.07) is 8.26. The third-order valence-electron chi connectivity index (χ3n) is 3.82. The molecule has 0 aliphatic heterocycles. The van der Waals surface area contributed by atoms with Crippen LogP contribution in [-0.4, -0.2) is 36.9 Å². The van der Waals surface area contributed by atoms with Crippen LogP contribution in [0.4, 0.5) is 0 Å². The van der Waals surface area contributed by atoms with Crippen molar-refractivity contribution in [3.63, 3.8) is 0 Å². The highest BCUT2D eigenvalue weighted by Crippen LogP contribution is 2.24. The molecule has 0 bridgehead atoms. The average molecular weight is 362 g/mol. The van der Waals surface area contributed by atoms with E-state index in [1.807, 2.05) is 19.1 Å². The van der Waals surface area contributed by atoms with E-state index in [4.69, 9.17) is 9.15 Å². The van der Waals surface area contributed by atoms with Gasteiger partial charge in [0.2, 0.25) is 11.8 Å². The summed E-state index contributed by atoms with van der Waals surface area (Å²) in [7, 11) is 1.66. The maximum atomic E-state index is 11.8. The number of thioether (sulfide) groups is 1. The number of aryl methyl sites for hydroxylation is 2. The number of aromatic nitrogens is 1. The number of oxazole rings is 1. The molecular weight excluding hydrogens is 336 g/mol. The van der Waals surface area contributed by atoms with Crippen LogP contribution in [0.1, 0.15) is 30.4 Å². The van der Waals surface area contributed by atoms with Crippen LogP contribution in [-0.2, 0) is 21.7 Å². The van der Waals surface area contributed by atoms with Crippen molar-refractivity contribution >= 4 is 17.7 Å². The zero-order valence-electron chi connectivity index (χ0n) is 15.1. The third kappa shape index (κ3) is 6.21. The first-order valence-corrected chi connectivity index (χ1v) is 9.68. The Bertz CT molecular complexity index is 668. The smallest absolute Gasteiger partial charge is 0.230 e. The van der Waals surface area contributed by atoms with Gasteiger partial charge in [0.1, 0.15) is 5.76 Å². The molecule has 0 fully saturated rings. The number of nitrogens with zero attached hydrogens (tertiary/aromatic N) is 1. The number of hydrogen-bond acceptors (Lipinski definition) is 5. The number of nitrogens with one attached hydrogen (secondary N) is 1. The van der Waals surface area contributed by atoms with Crippen LogP contribution in [0.5, 0.6) is 0 Å². The lowest BCUT2D eigenvalue weighted by Gasteiger charge is -2.04. The molecule has 1 aromatic carbocycles. The topological polar surface area (TPSA) is 64.4 Å². The zero-order chi connectivity index (χ0) is 18.1. The maximum Gasteiger partial charge on any atom is 0.230 e. The summed E-state index contributed by atoms with van der Waals surface area (Å²) in [5.41, 5.74) is 3.17. The highest BCUT2D eigenvalue weighted by atomic mass is 32.2. The largest absolute Gasteiger partial charge is 0.441 e. The number of amides is 1. The van der Waals surface area contributed by atoms with E-state index < -0.39 is 0 Å². The number of ether oxygens (including phenoxy) is 1. The third-order valence-corrected chi connectivity index (χ3v) is 4.77. The molecule has 1 aromatic heterocycles. The van der Waals surface area contributed by atoms with Crippen LogP contribution in [0, 0.1) is 6.92 Å². The second kappa shape index (κ2) is 10.3. The predicted molar refractivity (Wildman–Crippen MR) is 102 cm³/mol. The van der Waals surface area contributed by atoms with E-state index >= 15 is 0 Å². The number of benzene rings is 1. The van der Waals surface area contributed by atoms with Crippen LogP contribution in [0.25, 0.3) is 11.5 Å². The Labute approximate surface area is 153 Å². The van der Waals surface area contributed by atoms with Gasteiger partial charge in [0.05, 0.1) is 11.4 Å². The molecule has 25 heavy (non-hydrogen) atoms. The molecule has 1 heterocycles. The summed E-state index contributed by atoms with van der Waals surface area (Å²) >= 11 is 1.54. The van der Waals surface area contributed by atoms with Gasteiger partial charge in [-0.15, -0.1) is 11.8 Å². The molecule has 0 atom stereocenters. The zero-order valence-corrected chi connectivity index (χ0v) is 15.9. The number of rotatable bonds is 10. The monoisotopic (exact) mass is 362 g/mol. The highest BCUT2D eigenvalue weighted by Gasteiger charge is 2.12. The van der Waals surface area contributed by atoms with Gasteiger partial charge in [0.15, 0.2) is 0 Å². The maximum absolute atomic E-state index is 11.8. The van der Waals surface area contributed by atoms with Gasteiger partial charge in [-0.25, -0.2) is 4.98 Å². The molecule has 0 unspecified atom stereocenters. The van der Waals surface area contributed by atoms with E-state index in [0.717, 1.165) is 29.9 Å². The summed E-state index contributed by atoms with van der Waals surface area (Å²) < 4.78 is 10.7. The van der Waals surface area contributed by atoms with E-state index in [1.165, 1.54) is 5.56 Å². The molecule has 0 saturated heterocycles. The van der Waals surface area contributed by atoms with Gasteiger partial charge in [-0.05, 0) is 37.5 Å². The second-order valence-corrected chi connectivity index (χ2v) is 6.75. The number of hydrogen-bond donors (Lipinski definition) is 1. The predicted octanol–water partition coefficient (Wildman–Crippen LogP) is 3.60. The van der Waals surface area contributed by atoms with Gasteiger partial charge in [-0.2, -0.15) is 0 Å². The average Bonchev–Trinajstić information content (AvgIpc) is 3.00. The molecule has 5 nitrogen and oxygen atoms in total. The van der Waals surface area contributed by atoms with Crippen LogP contribution >= 0.6 is 11.8 Å². The number of carbonyl (C=O) groups excluding carboxylic acids is 1. The number of methoxy groups -OCH3 is 1.